The summed E-state index contributed by atoms with van der Waals surface area (Å²) in [5.74, 6) is -0.256. The largest absolute Gasteiger partial charge is 0.486 e. The van der Waals surface area contributed by atoms with E-state index in [0.717, 1.165) is 11.1 Å². The third-order valence-electron chi connectivity index (χ3n) is 4.67. The smallest absolute Gasteiger partial charge is 0.338 e. The van der Waals surface area contributed by atoms with Gasteiger partial charge in [-0.05, 0) is 49.2 Å². The Hall–Kier alpha value is -4.07. The average molecular weight is 497 g/mol. The van der Waals surface area contributed by atoms with Gasteiger partial charge in [0.25, 0.3) is 0 Å². The molecule has 0 aliphatic rings. The first kappa shape index (κ1) is 28.2. The summed E-state index contributed by atoms with van der Waals surface area (Å²) in [6, 6.07) is 12.3. The lowest BCUT2D eigenvalue weighted by Gasteiger charge is -2.15. The fraction of sp³-hybridized carbons (Fsp3) is 0.321. The molecular weight excluding hydrogens is 464 g/mol. The van der Waals surface area contributed by atoms with Gasteiger partial charge in [0.1, 0.15) is 32.2 Å². The van der Waals surface area contributed by atoms with Gasteiger partial charge in [0.05, 0.1) is 5.92 Å². The van der Waals surface area contributed by atoms with Crippen LogP contribution in [0.25, 0.3) is 11.1 Å². The number of carbonyl (C=O) groups is 3. The first-order valence-electron chi connectivity index (χ1n) is 11.5. The van der Waals surface area contributed by atoms with E-state index in [1.165, 1.54) is 0 Å². The zero-order valence-electron chi connectivity index (χ0n) is 21.1. The van der Waals surface area contributed by atoms with Gasteiger partial charge in [-0.1, -0.05) is 45.2 Å². The maximum atomic E-state index is 11.7. The van der Waals surface area contributed by atoms with Crippen molar-refractivity contribution in [3.05, 3.63) is 66.8 Å². The fourth-order valence-electron chi connectivity index (χ4n) is 2.70. The number of hydrogen-bond donors (Lipinski definition) is 0. The van der Waals surface area contributed by atoms with Crippen LogP contribution in [0.3, 0.4) is 0 Å². The van der Waals surface area contributed by atoms with Crippen molar-refractivity contribution in [1.82, 2.24) is 0 Å². The zero-order valence-corrected chi connectivity index (χ0v) is 21.1. The van der Waals surface area contributed by atoms with E-state index in [1.54, 1.807) is 52.0 Å². The highest BCUT2D eigenvalue weighted by Crippen LogP contribution is 2.33. The molecule has 0 radical (unpaired) electrons. The Morgan fingerprint density at radius 1 is 0.722 bits per heavy atom. The van der Waals surface area contributed by atoms with E-state index in [2.05, 4.69) is 13.2 Å². The predicted octanol–water partition coefficient (Wildman–Crippen LogP) is 4.91. The lowest BCUT2D eigenvalue weighted by atomic mass is 10.0. The minimum atomic E-state index is -0.493. The summed E-state index contributed by atoms with van der Waals surface area (Å²) < 4.78 is 27.1. The van der Waals surface area contributed by atoms with Crippen molar-refractivity contribution in [3.63, 3.8) is 0 Å². The van der Waals surface area contributed by atoms with Crippen LogP contribution in [0.4, 0.5) is 0 Å². The van der Waals surface area contributed by atoms with Crippen LogP contribution < -0.4 is 14.2 Å². The monoisotopic (exact) mass is 496 g/mol. The summed E-state index contributed by atoms with van der Waals surface area (Å²) >= 11 is 0. The van der Waals surface area contributed by atoms with Gasteiger partial charge in [0.15, 0.2) is 11.5 Å². The highest BCUT2D eigenvalue weighted by molar-refractivity contribution is 5.89. The molecule has 0 atom stereocenters. The Labute approximate surface area is 211 Å². The highest BCUT2D eigenvalue weighted by atomic mass is 16.6. The number of hydrogen-bond acceptors (Lipinski definition) is 8. The Kier molecular flexibility index (Phi) is 10.7. The van der Waals surface area contributed by atoms with Crippen LogP contribution in [0.15, 0.2) is 66.8 Å². The molecule has 2 aromatic rings. The molecule has 2 aromatic carbocycles. The maximum absolute atomic E-state index is 11.7. The first-order chi connectivity index (χ1) is 17.1. The summed E-state index contributed by atoms with van der Waals surface area (Å²) in [6.07, 6.45) is 0. The first-order valence-corrected chi connectivity index (χ1v) is 11.5. The Bertz CT molecular complexity index is 1100. The zero-order chi connectivity index (χ0) is 26.7. The number of benzene rings is 2. The molecule has 192 valence electrons. The molecule has 0 amide bonds. The summed E-state index contributed by atoms with van der Waals surface area (Å²) in [5.41, 5.74) is 2.29. The van der Waals surface area contributed by atoms with Crippen molar-refractivity contribution >= 4 is 17.9 Å². The van der Waals surface area contributed by atoms with Gasteiger partial charge < -0.3 is 23.7 Å². The molecule has 2 rings (SSSR count). The Morgan fingerprint density at radius 3 is 1.86 bits per heavy atom. The molecule has 0 aliphatic carbocycles. The van der Waals surface area contributed by atoms with Gasteiger partial charge in [-0.2, -0.15) is 0 Å². The molecule has 0 unspecified atom stereocenters. The molecule has 36 heavy (non-hydrogen) atoms. The maximum Gasteiger partial charge on any atom is 0.338 e. The van der Waals surface area contributed by atoms with Gasteiger partial charge in [-0.3, -0.25) is 4.79 Å². The van der Waals surface area contributed by atoms with Crippen LogP contribution in [0.2, 0.25) is 0 Å². The third-order valence-corrected chi connectivity index (χ3v) is 4.67. The molecule has 0 aromatic heterocycles. The van der Waals surface area contributed by atoms with Gasteiger partial charge in [0, 0.05) is 11.1 Å². The van der Waals surface area contributed by atoms with E-state index in [1.807, 2.05) is 18.2 Å². The minimum absolute atomic E-state index is 0.0449. The number of ether oxygens (including phenoxy) is 5. The number of esters is 3. The molecule has 0 saturated heterocycles. The minimum Gasteiger partial charge on any atom is -0.486 e. The predicted molar refractivity (Wildman–Crippen MR) is 135 cm³/mol. The number of carbonyl (C=O) groups excluding carboxylic acids is 3. The van der Waals surface area contributed by atoms with E-state index < -0.39 is 11.9 Å². The quantitative estimate of drug-likeness (QED) is 0.167. The van der Waals surface area contributed by atoms with E-state index in [0.29, 0.717) is 28.4 Å². The van der Waals surface area contributed by atoms with Gasteiger partial charge in [-0.25, -0.2) is 9.59 Å². The van der Waals surface area contributed by atoms with Crippen LogP contribution >= 0.6 is 0 Å². The van der Waals surface area contributed by atoms with Crippen LogP contribution in [0.5, 0.6) is 17.2 Å². The third kappa shape index (κ3) is 8.94. The summed E-state index contributed by atoms with van der Waals surface area (Å²) in [7, 11) is 0. The van der Waals surface area contributed by atoms with E-state index in [-0.39, 0.29) is 38.3 Å². The molecule has 0 bridgehead atoms. The van der Waals surface area contributed by atoms with E-state index in [9.17, 15) is 14.4 Å². The molecule has 0 spiro atoms. The second-order valence-electron chi connectivity index (χ2n) is 8.29. The molecule has 0 fully saturated rings. The van der Waals surface area contributed by atoms with Gasteiger partial charge in [0.2, 0.25) is 0 Å². The van der Waals surface area contributed by atoms with Crippen molar-refractivity contribution in [2.75, 3.05) is 26.4 Å². The normalized spacial score (nSPS) is 10.4. The fourth-order valence-corrected chi connectivity index (χ4v) is 2.70. The second-order valence-corrected chi connectivity index (χ2v) is 8.29. The molecule has 0 saturated carbocycles. The second kappa shape index (κ2) is 13.7. The molecule has 0 heterocycles. The Morgan fingerprint density at radius 2 is 1.28 bits per heavy atom. The van der Waals surface area contributed by atoms with Crippen LogP contribution in [0.1, 0.15) is 27.7 Å². The standard InChI is InChI=1S/C28H32O8/c1-18(2)26(29)34-15-13-32-24-12-9-22(17-25(24)33-14-16-35-27(30)19(3)4)21-7-10-23(11-8-21)36-28(31)20(5)6/h7-12,17,19H,1,5,13-16H2,2-4,6H3. The van der Waals surface area contributed by atoms with Gasteiger partial charge in [-0.15, -0.1) is 0 Å². The molecule has 8 nitrogen and oxygen atoms in total. The van der Waals surface area contributed by atoms with Crippen molar-refractivity contribution in [2.45, 2.75) is 27.7 Å². The topological polar surface area (TPSA) is 97.4 Å². The average Bonchev–Trinajstić information content (AvgIpc) is 2.84. The van der Waals surface area contributed by atoms with Crippen molar-refractivity contribution in [2.24, 2.45) is 5.92 Å². The van der Waals surface area contributed by atoms with Crippen molar-refractivity contribution < 1.29 is 38.1 Å². The Balaban J connectivity index is 2.13. The van der Waals surface area contributed by atoms with Crippen molar-refractivity contribution in [3.8, 4) is 28.4 Å². The molecular formula is C28H32O8. The SMILES string of the molecule is C=C(C)C(=O)OCCOc1ccc(-c2ccc(OC(=O)C(=C)C)cc2)cc1OCCOC(=O)C(C)C. The lowest BCUT2D eigenvalue weighted by Crippen LogP contribution is -2.16. The van der Waals surface area contributed by atoms with Crippen LogP contribution in [0, 0.1) is 5.92 Å². The number of rotatable bonds is 13. The lowest BCUT2D eigenvalue weighted by molar-refractivity contribution is -0.148. The van der Waals surface area contributed by atoms with Crippen LogP contribution in [-0.2, 0) is 23.9 Å². The molecule has 8 heteroatoms. The summed E-state index contributed by atoms with van der Waals surface area (Å²) in [5, 5.41) is 0. The van der Waals surface area contributed by atoms with Crippen molar-refractivity contribution in [1.29, 1.82) is 0 Å². The highest BCUT2D eigenvalue weighted by Gasteiger charge is 2.12. The van der Waals surface area contributed by atoms with Gasteiger partial charge >= 0.3 is 17.9 Å². The van der Waals surface area contributed by atoms with Crippen LogP contribution in [-0.4, -0.2) is 44.3 Å². The van der Waals surface area contributed by atoms with E-state index in [4.69, 9.17) is 23.7 Å². The summed E-state index contributed by atoms with van der Waals surface area (Å²) in [6.45, 7) is 14.1. The molecule has 0 aliphatic heterocycles. The summed E-state index contributed by atoms with van der Waals surface area (Å²) in [4.78, 5) is 34.9. The molecule has 0 N–H and O–H groups in total. The van der Waals surface area contributed by atoms with E-state index >= 15 is 0 Å².